The van der Waals surface area contributed by atoms with Gasteiger partial charge in [0.25, 0.3) is 0 Å². The number of benzene rings is 1. The van der Waals surface area contributed by atoms with Gasteiger partial charge >= 0.3 is 6.03 Å². The molecule has 0 aliphatic rings. The zero-order valence-corrected chi connectivity index (χ0v) is 14.5. The number of carbonyl (C=O) groups excluding carboxylic acids is 2. The van der Waals surface area contributed by atoms with E-state index in [0.29, 0.717) is 30.4 Å². The first-order valence-electron chi connectivity index (χ1n) is 7.64. The average Bonchev–Trinajstić information content (AvgIpc) is 3.00. The van der Waals surface area contributed by atoms with Crippen LogP contribution in [0.1, 0.15) is 5.56 Å². The molecule has 8 nitrogen and oxygen atoms in total. The van der Waals surface area contributed by atoms with Crippen LogP contribution in [0.4, 0.5) is 10.5 Å². The van der Waals surface area contributed by atoms with E-state index in [2.05, 4.69) is 21.0 Å². The maximum atomic E-state index is 11.9. The Morgan fingerprint density at radius 2 is 2.16 bits per heavy atom. The van der Waals surface area contributed by atoms with Crippen molar-refractivity contribution in [3.63, 3.8) is 0 Å². The van der Waals surface area contributed by atoms with Crippen molar-refractivity contribution in [2.24, 2.45) is 0 Å². The van der Waals surface area contributed by atoms with Crippen LogP contribution >= 0.6 is 11.6 Å². The minimum Gasteiger partial charge on any atom is -0.383 e. The van der Waals surface area contributed by atoms with Crippen LogP contribution in [0.25, 0.3) is 0 Å². The van der Waals surface area contributed by atoms with Gasteiger partial charge in [-0.05, 0) is 17.7 Å². The molecule has 0 aliphatic heterocycles. The molecular weight excluding hydrogens is 346 g/mol. The summed E-state index contributed by atoms with van der Waals surface area (Å²) in [4.78, 5) is 23.6. The molecule has 0 bridgehead atoms. The van der Waals surface area contributed by atoms with Crippen molar-refractivity contribution < 1.29 is 14.3 Å². The van der Waals surface area contributed by atoms with E-state index >= 15 is 0 Å². The number of anilines is 1. The van der Waals surface area contributed by atoms with Gasteiger partial charge in [0, 0.05) is 31.4 Å². The van der Waals surface area contributed by atoms with Gasteiger partial charge in [0.1, 0.15) is 6.54 Å². The number of hydrogen-bond acceptors (Lipinski definition) is 4. The molecule has 0 saturated heterocycles. The lowest BCUT2D eigenvalue weighted by Crippen LogP contribution is -2.30. The van der Waals surface area contributed by atoms with Gasteiger partial charge in [0.05, 0.1) is 18.5 Å². The second-order valence-corrected chi connectivity index (χ2v) is 5.64. The molecule has 134 valence electrons. The topological polar surface area (TPSA) is 97.3 Å². The van der Waals surface area contributed by atoms with E-state index in [4.69, 9.17) is 16.3 Å². The molecular formula is C16H20ClN5O3. The number of urea groups is 1. The van der Waals surface area contributed by atoms with Crippen molar-refractivity contribution in [1.82, 2.24) is 20.4 Å². The second kappa shape index (κ2) is 9.65. The van der Waals surface area contributed by atoms with Gasteiger partial charge in [0.15, 0.2) is 0 Å². The summed E-state index contributed by atoms with van der Waals surface area (Å²) < 4.78 is 6.29. The number of hydrogen-bond donors (Lipinski definition) is 3. The SMILES string of the molecule is COCCNC(=O)Cn1cc(NC(=O)NCc2cccc(Cl)c2)cn1. The predicted molar refractivity (Wildman–Crippen MR) is 94.4 cm³/mol. The van der Waals surface area contributed by atoms with Crippen LogP contribution in [-0.2, 0) is 22.6 Å². The fourth-order valence-electron chi connectivity index (χ4n) is 2.01. The van der Waals surface area contributed by atoms with Gasteiger partial charge in [-0.25, -0.2) is 4.79 Å². The molecule has 2 rings (SSSR count). The van der Waals surface area contributed by atoms with Crippen molar-refractivity contribution in [2.45, 2.75) is 13.1 Å². The summed E-state index contributed by atoms with van der Waals surface area (Å²) in [5.41, 5.74) is 1.39. The zero-order valence-electron chi connectivity index (χ0n) is 13.8. The molecule has 1 aromatic heterocycles. The maximum Gasteiger partial charge on any atom is 0.319 e. The summed E-state index contributed by atoms with van der Waals surface area (Å²) in [7, 11) is 1.56. The number of carbonyl (C=O) groups is 2. The van der Waals surface area contributed by atoms with Crippen molar-refractivity contribution >= 4 is 29.2 Å². The molecule has 0 radical (unpaired) electrons. The number of halogens is 1. The summed E-state index contributed by atoms with van der Waals surface area (Å²) in [6.45, 7) is 1.30. The van der Waals surface area contributed by atoms with E-state index < -0.39 is 0 Å². The number of aromatic nitrogens is 2. The molecule has 9 heteroatoms. The minimum atomic E-state index is -0.371. The summed E-state index contributed by atoms with van der Waals surface area (Å²) in [6.07, 6.45) is 3.05. The Labute approximate surface area is 150 Å². The summed E-state index contributed by atoms with van der Waals surface area (Å²) >= 11 is 5.90. The number of nitrogens with one attached hydrogen (secondary N) is 3. The number of ether oxygens (including phenoxy) is 1. The number of methoxy groups -OCH3 is 1. The van der Waals surface area contributed by atoms with Crippen LogP contribution in [-0.4, -0.2) is 42.0 Å². The Kier molecular flexibility index (Phi) is 7.24. The minimum absolute atomic E-state index is 0.0650. The second-order valence-electron chi connectivity index (χ2n) is 5.21. The van der Waals surface area contributed by atoms with Gasteiger partial charge in [-0.15, -0.1) is 0 Å². The lowest BCUT2D eigenvalue weighted by atomic mass is 10.2. The van der Waals surface area contributed by atoms with Crippen LogP contribution in [0.15, 0.2) is 36.7 Å². The maximum absolute atomic E-state index is 11.9. The fraction of sp³-hybridized carbons (Fsp3) is 0.312. The Balaban J connectivity index is 1.76. The van der Waals surface area contributed by atoms with E-state index in [9.17, 15) is 9.59 Å². The largest absolute Gasteiger partial charge is 0.383 e. The molecule has 3 amide bonds. The highest BCUT2D eigenvalue weighted by molar-refractivity contribution is 6.30. The van der Waals surface area contributed by atoms with E-state index in [1.54, 1.807) is 25.4 Å². The summed E-state index contributed by atoms with van der Waals surface area (Å²) in [5, 5.41) is 12.7. The van der Waals surface area contributed by atoms with Crippen LogP contribution in [0, 0.1) is 0 Å². The lowest BCUT2D eigenvalue weighted by Gasteiger charge is -2.06. The predicted octanol–water partition coefficient (Wildman–Crippen LogP) is 1.62. The molecule has 0 spiro atoms. The van der Waals surface area contributed by atoms with Crippen LogP contribution in [0.5, 0.6) is 0 Å². The Bertz CT molecular complexity index is 719. The van der Waals surface area contributed by atoms with E-state index in [1.807, 2.05) is 12.1 Å². The number of amides is 3. The lowest BCUT2D eigenvalue weighted by molar-refractivity contribution is -0.122. The first-order chi connectivity index (χ1) is 12.1. The number of rotatable bonds is 8. The molecule has 0 aliphatic carbocycles. The molecule has 25 heavy (non-hydrogen) atoms. The highest BCUT2D eigenvalue weighted by atomic mass is 35.5. The van der Waals surface area contributed by atoms with Crippen molar-refractivity contribution in [1.29, 1.82) is 0 Å². The standard InChI is InChI=1S/C16H20ClN5O3/c1-25-6-5-18-15(23)11-22-10-14(9-20-22)21-16(24)19-8-12-3-2-4-13(17)7-12/h2-4,7,9-10H,5-6,8,11H2,1H3,(H,18,23)(H2,19,21,24). The third-order valence-electron chi connectivity index (χ3n) is 3.17. The highest BCUT2D eigenvalue weighted by Gasteiger charge is 2.07. The Morgan fingerprint density at radius 1 is 1.32 bits per heavy atom. The van der Waals surface area contributed by atoms with Crippen LogP contribution in [0.3, 0.4) is 0 Å². The Hall–Kier alpha value is -2.58. The fourth-order valence-corrected chi connectivity index (χ4v) is 2.23. The highest BCUT2D eigenvalue weighted by Crippen LogP contribution is 2.10. The molecule has 0 unspecified atom stereocenters. The van der Waals surface area contributed by atoms with E-state index in [1.165, 1.54) is 10.9 Å². The first kappa shape index (κ1) is 18.8. The first-order valence-corrected chi connectivity index (χ1v) is 8.02. The monoisotopic (exact) mass is 365 g/mol. The van der Waals surface area contributed by atoms with Gasteiger partial charge in [-0.2, -0.15) is 5.10 Å². The quantitative estimate of drug-likeness (QED) is 0.619. The summed E-state index contributed by atoms with van der Waals surface area (Å²) in [5.74, 6) is -0.183. The molecule has 0 atom stereocenters. The molecule has 1 heterocycles. The molecule has 0 fully saturated rings. The molecule has 2 aromatic rings. The van der Waals surface area contributed by atoms with Crippen LogP contribution in [0.2, 0.25) is 5.02 Å². The van der Waals surface area contributed by atoms with E-state index in [0.717, 1.165) is 5.56 Å². The van der Waals surface area contributed by atoms with Crippen LogP contribution < -0.4 is 16.0 Å². The van der Waals surface area contributed by atoms with Crippen molar-refractivity contribution in [3.8, 4) is 0 Å². The smallest absolute Gasteiger partial charge is 0.319 e. The molecule has 1 aromatic carbocycles. The molecule has 3 N–H and O–H groups in total. The third-order valence-corrected chi connectivity index (χ3v) is 3.40. The van der Waals surface area contributed by atoms with Gasteiger partial charge in [-0.1, -0.05) is 23.7 Å². The van der Waals surface area contributed by atoms with Gasteiger partial charge in [-0.3, -0.25) is 9.48 Å². The number of nitrogens with zero attached hydrogens (tertiary/aromatic N) is 2. The van der Waals surface area contributed by atoms with E-state index in [-0.39, 0.29) is 18.5 Å². The summed E-state index contributed by atoms with van der Waals surface area (Å²) in [6, 6.07) is 6.86. The Morgan fingerprint density at radius 3 is 2.92 bits per heavy atom. The van der Waals surface area contributed by atoms with Gasteiger partial charge in [0.2, 0.25) is 5.91 Å². The third kappa shape index (κ3) is 6.82. The average molecular weight is 366 g/mol. The zero-order chi connectivity index (χ0) is 18.1. The van der Waals surface area contributed by atoms with Crippen molar-refractivity contribution in [2.75, 3.05) is 25.6 Å². The van der Waals surface area contributed by atoms with Gasteiger partial charge < -0.3 is 20.7 Å². The normalized spacial score (nSPS) is 10.3. The molecule has 0 saturated carbocycles. The van der Waals surface area contributed by atoms with Crippen molar-refractivity contribution in [3.05, 3.63) is 47.2 Å².